The number of rotatable bonds is 4. The summed E-state index contributed by atoms with van der Waals surface area (Å²) >= 11 is 0. The van der Waals surface area contributed by atoms with Crippen molar-refractivity contribution in [3.05, 3.63) is 77.6 Å². The van der Waals surface area contributed by atoms with Crippen LogP contribution >= 0.6 is 0 Å². The molecule has 4 rings (SSSR count). The van der Waals surface area contributed by atoms with E-state index in [1.807, 2.05) is 12.1 Å². The lowest BCUT2D eigenvalue weighted by Gasteiger charge is -2.39. The van der Waals surface area contributed by atoms with E-state index >= 15 is 0 Å². The SMILES string of the molecule is Fc1ccc(C2=CCN(C3CCN(Cc4ccccc4)CC3)CC2)cc1. The maximum atomic E-state index is 13.1. The van der Waals surface area contributed by atoms with Gasteiger partial charge in [-0.3, -0.25) is 9.80 Å². The Kier molecular flexibility index (Phi) is 5.47. The molecule has 26 heavy (non-hydrogen) atoms. The molecule has 0 aliphatic carbocycles. The molecule has 2 aromatic carbocycles. The summed E-state index contributed by atoms with van der Waals surface area (Å²) in [5.41, 5.74) is 3.95. The van der Waals surface area contributed by atoms with Gasteiger partial charge in [0.05, 0.1) is 0 Å². The highest BCUT2D eigenvalue weighted by Crippen LogP contribution is 2.26. The van der Waals surface area contributed by atoms with Crippen LogP contribution in [-0.2, 0) is 6.54 Å². The molecule has 0 N–H and O–H groups in total. The van der Waals surface area contributed by atoms with Crippen LogP contribution in [0.4, 0.5) is 4.39 Å². The third kappa shape index (κ3) is 4.22. The van der Waals surface area contributed by atoms with Gasteiger partial charge in [-0.25, -0.2) is 4.39 Å². The van der Waals surface area contributed by atoms with Gasteiger partial charge < -0.3 is 0 Å². The summed E-state index contributed by atoms with van der Waals surface area (Å²) in [6, 6.07) is 18.4. The van der Waals surface area contributed by atoms with E-state index in [9.17, 15) is 4.39 Å². The van der Waals surface area contributed by atoms with Crippen molar-refractivity contribution >= 4 is 5.57 Å². The number of nitrogens with zero attached hydrogens (tertiary/aromatic N) is 2. The summed E-state index contributed by atoms with van der Waals surface area (Å²) in [7, 11) is 0. The maximum absolute atomic E-state index is 13.1. The summed E-state index contributed by atoms with van der Waals surface area (Å²) in [5, 5.41) is 0. The van der Waals surface area contributed by atoms with Gasteiger partial charge in [-0.1, -0.05) is 48.5 Å². The summed E-state index contributed by atoms with van der Waals surface area (Å²) in [6.07, 6.45) is 5.92. The van der Waals surface area contributed by atoms with Crippen molar-refractivity contribution in [1.82, 2.24) is 9.80 Å². The van der Waals surface area contributed by atoms with Crippen LogP contribution in [0, 0.1) is 5.82 Å². The number of likely N-dealkylation sites (tertiary alicyclic amines) is 1. The Morgan fingerprint density at radius 1 is 0.885 bits per heavy atom. The molecule has 0 atom stereocenters. The smallest absolute Gasteiger partial charge is 0.123 e. The minimum absolute atomic E-state index is 0.158. The molecule has 3 heteroatoms. The van der Waals surface area contributed by atoms with Crippen LogP contribution in [0.1, 0.15) is 30.4 Å². The van der Waals surface area contributed by atoms with E-state index in [1.54, 1.807) is 12.1 Å². The van der Waals surface area contributed by atoms with Gasteiger partial charge in [0.2, 0.25) is 0 Å². The fourth-order valence-electron chi connectivity index (χ4n) is 4.23. The van der Waals surface area contributed by atoms with Crippen molar-refractivity contribution in [2.24, 2.45) is 0 Å². The molecule has 0 radical (unpaired) electrons. The second-order valence-electron chi connectivity index (χ2n) is 7.47. The van der Waals surface area contributed by atoms with Crippen molar-refractivity contribution in [2.45, 2.75) is 31.8 Å². The van der Waals surface area contributed by atoms with Crippen LogP contribution in [0.25, 0.3) is 5.57 Å². The molecule has 2 nitrogen and oxygen atoms in total. The van der Waals surface area contributed by atoms with Gasteiger partial charge in [0, 0.05) is 25.7 Å². The zero-order valence-electron chi connectivity index (χ0n) is 15.3. The van der Waals surface area contributed by atoms with Crippen molar-refractivity contribution in [1.29, 1.82) is 0 Å². The molecule has 0 bridgehead atoms. The molecular formula is C23H27FN2. The van der Waals surface area contributed by atoms with Crippen molar-refractivity contribution in [3.8, 4) is 0 Å². The molecule has 0 amide bonds. The molecule has 0 unspecified atom stereocenters. The lowest BCUT2D eigenvalue weighted by Crippen LogP contribution is -2.46. The standard InChI is InChI=1S/C23H27FN2/c24-22-8-6-20(7-9-22)21-10-16-26(17-11-21)23-12-14-25(15-13-23)18-19-4-2-1-3-5-19/h1-10,23H,11-18H2. The van der Waals surface area contributed by atoms with Gasteiger partial charge in [0.15, 0.2) is 0 Å². The Balaban J connectivity index is 1.28. The van der Waals surface area contributed by atoms with Crippen LogP contribution in [0.3, 0.4) is 0 Å². The van der Waals surface area contributed by atoms with Crippen molar-refractivity contribution < 1.29 is 4.39 Å². The quantitative estimate of drug-likeness (QED) is 0.796. The maximum Gasteiger partial charge on any atom is 0.123 e. The Morgan fingerprint density at radius 2 is 1.62 bits per heavy atom. The predicted molar refractivity (Wildman–Crippen MR) is 105 cm³/mol. The van der Waals surface area contributed by atoms with Gasteiger partial charge in [-0.15, -0.1) is 0 Å². The molecule has 136 valence electrons. The van der Waals surface area contributed by atoms with Crippen LogP contribution in [0.2, 0.25) is 0 Å². The molecule has 0 spiro atoms. The summed E-state index contributed by atoms with van der Waals surface area (Å²) in [5.74, 6) is -0.158. The molecule has 2 aliphatic rings. The second kappa shape index (κ2) is 8.15. The first-order valence-corrected chi connectivity index (χ1v) is 9.73. The van der Waals surface area contributed by atoms with Crippen molar-refractivity contribution in [2.75, 3.05) is 26.2 Å². The van der Waals surface area contributed by atoms with E-state index < -0.39 is 0 Å². The summed E-state index contributed by atoms with van der Waals surface area (Å²) < 4.78 is 13.1. The zero-order chi connectivity index (χ0) is 17.8. The van der Waals surface area contributed by atoms with E-state index in [-0.39, 0.29) is 5.82 Å². The number of hydrogen-bond donors (Lipinski definition) is 0. The third-order valence-corrected chi connectivity index (χ3v) is 5.78. The fraction of sp³-hybridized carbons (Fsp3) is 0.391. The predicted octanol–water partition coefficient (Wildman–Crippen LogP) is 4.58. The van der Waals surface area contributed by atoms with Gasteiger partial charge in [-0.2, -0.15) is 0 Å². The highest BCUT2D eigenvalue weighted by Gasteiger charge is 2.25. The van der Waals surface area contributed by atoms with Crippen molar-refractivity contribution in [3.63, 3.8) is 0 Å². The van der Waals surface area contributed by atoms with Gasteiger partial charge in [0.25, 0.3) is 0 Å². The normalized spacial score (nSPS) is 20.1. The lowest BCUT2D eigenvalue weighted by molar-refractivity contribution is 0.112. The first-order valence-electron chi connectivity index (χ1n) is 9.73. The van der Waals surface area contributed by atoms with Gasteiger partial charge >= 0.3 is 0 Å². The average Bonchev–Trinajstić information content (AvgIpc) is 2.70. The molecule has 1 saturated heterocycles. The molecule has 2 heterocycles. The highest BCUT2D eigenvalue weighted by molar-refractivity contribution is 5.66. The van der Waals surface area contributed by atoms with E-state index in [1.165, 1.54) is 42.6 Å². The van der Waals surface area contributed by atoms with Gasteiger partial charge in [-0.05, 0) is 61.2 Å². The van der Waals surface area contributed by atoms with E-state index in [0.717, 1.165) is 26.1 Å². The molecule has 2 aromatic rings. The van der Waals surface area contributed by atoms with Crippen LogP contribution in [0.5, 0.6) is 0 Å². The molecule has 0 saturated carbocycles. The molecular weight excluding hydrogens is 323 g/mol. The van der Waals surface area contributed by atoms with E-state index in [4.69, 9.17) is 0 Å². The molecule has 2 aliphatic heterocycles. The Hall–Kier alpha value is -1.97. The minimum atomic E-state index is -0.158. The van der Waals surface area contributed by atoms with Crippen LogP contribution in [0.15, 0.2) is 60.7 Å². The largest absolute Gasteiger partial charge is 0.299 e. The van der Waals surface area contributed by atoms with Crippen LogP contribution in [-0.4, -0.2) is 42.0 Å². The summed E-state index contributed by atoms with van der Waals surface area (Å²) in [6.45, 7) is 5.58. The van der Waals surface area contributed by atoms with E-state index in [2.05, 4.69) is 46.2 Å². The number of benzene rings is 2. The monoisotopic (exact) mass is 350 g/mol. The first-order chi connectivity index (χ1) is 12.8. The third-order valence-electron chi connectivity index (χ3n) is 5.78. The number of piperidine rings is 1. The first kappa shape index (κ1) is 17.4. The Labute approximate surface area is 155 Å². The van der Waals surface area contributed by atoms with Crippen LogP contribution < -0.4 is 0 Å². The van der Waals surface area contributed by atoms with Gasteiger partial charge in [0.1, 0.15) is 5.82 Å². The highest BCUT2D eigenvalue weighted by atomic mass is 19.1. The second-order valence-corrected chi connectivity index (χ2v) is 7.47. The topological polar surface area (TPSA) is 6.48 Å². The fourth-order valence-corrected chi connectivity index (χ4v) is 4.23. The Bertz CT molecular complexity index is 731. The Morgan fingerprint density at radius 3 is 2.27 bits per heavy atom. The molecule has 1 fully saturated rings. The number of halogens is 1. The van der Waals surface area contributed by atoms with E-state index in [0.29, 0.717) is 6.04 Å². The lowest BCUT2D eigenvalue weighted by atomic mass is 9.96. The average molecular weight is 350 g/mol. The zero-order valence-corrected chi connectivity index (χ0v) is 15.3. The minimum Gasteiger partial charge on any atom is -0.299 e. The summed E-state index contributed by atoms with van der Waals surface area (Å²) in [4.78, 5) is 5.21. The molecule has 0 aromatic heterocycles. The number of hydrogen-bond acceptors (Lipinski definition) is 2.